The molecule has 0 aromatic carbocycles. The van der Waals surface area contributed by atoms with E-state index in [1.807, 2.05) is 0 Å². The second-order valence-corrected chi connectivity index (χ2v) is 8.29. The van der Waals surface area contributed by atoms with E-state index in [4.69, 9.17) is 4.74 Å². The molecule has 142 valence electrons. The summed E-state index contributed by atoms with van der Waals surface area (Å²) >= 11 is 0. The topological polar surface area (TPSA) is 43.4 Å². The van der Waals surface area contributed by atoms with Crippen LogP contribution in [0, 0.1) is 17.3 Å². The molecular formula is C22H36O3. The van der Waals surface area contributed by atoms with E-state index < -0.39 is 0 Å². The van der Waals surface area contributed by atoms with E-state index >= 15 is 0 Å². The zero-order valence-corrected chi connectivity index (χ0v) is 16.8. The van der Waals surface area contributed by atoms with Gasteiger partial charge in [0.25, 0.3) is 0 Å². The van der Waals surface area contributed by atoms with Crippen LogP contribution in [0.5, 0.6) is 0 Å². The predicted molar refractivity (Wildman–Crippen MR) is 103 cm³/mol. The molecule has 3 heteroatoms. The molecule has 1 fully saturated rings. The second kappa shape index (κ2) is 10.6. The molecule has 0 bridgehead atoms. The summed E-state index contributed by atoms with van der Waals surface area (Å²) in [6, 6.07) is 0. The lowest BCUT2D eigenvalue weighted by molar-refractivity contribution is -0.139. The average Bonchev–Trinajstić information content (AvgIpc) is 2.52. The number of rotatable bonds is 9. The molecule has 0 aliphatic heterocycles. The molecule has 3 nitrogen and oxygen atoms in total. The summed E-state index contributed by atoms with van der Waals surface area (Å²) in [5.41, 5.74) is 2.58. The molecule has 0 saturated heterocycles. The maximum atomic E-state index is 11.1. The first-order valence-electron chi connectivity index (χ1n) is 9.69. The number of ether oxygens (including phenoxy) is 1. The highest BCUT2D eigenvalue weighted by Crippen LogP contribution is 2.46. The molecule has 1 aliphatic carbocycles. The Morgan fingerprint density at radius 1 is 1.20 bits per heavy atom. The molecule has 0 aromatic rings. The molecular weight excluding hydrogens is 312 g/mol. The van der Waals surface area contributed by atoms with Gasteiger partial charge in [-0.15, -0.1) is 0 Å². The Kier molecular flexibility index (Phi) is 9.16. The van der Waals surface area contributed by atoms with Crippen LogP contribution in [0.1, 0.15) is 79.6 Å². The van der Waals surface area contributed by atoms with Gasteiger partial charge in [0.15, 0.2) is 0 Å². The maximum absolute atomic E-state index is 11.1. The van der Waals surface area contributed by atoms with Crippen LogP contribution in [0.25, 0.3) is 0 Å². The van der Waals surface area contributed by atoms with Crippen molar-refractivity contribution in [3.05, 3.63) is 23.3 Å². The van der Waals surface area contributed by atoms with Gasteiger partial charge in [-0.05, 0) is 67.9 Å². The number of carbonyl (C=O) groups excluding carboxylic acids is 2. The summed E-state index contributed by atoms with van der Waals surface area (Å²) in [7, 11) is 0. The van der Waals surface area contributed by atoms with Crippen molar-refractivity contribution in [1.29, 1.82) is 0 Å². The summed E-state index contributed by atoms with van der Waals surface area (Å²) in [5.74, 6) is 1.30. The Hall–Kier alpha value is -1.38. The minimum Gasteiger partial charge on any atom is -0.462 e. The highest BCUT2D eigenvalue weighted by molar-refractivity contribution is 5.73. The molecule has 0 amide bonds. The third-order valence-corrected chi connectivity index (χ3v) is 5.73. The van der Waals surface area contributed by atoms with E-state index in [0.29, 0.717) is 17.4 Å². The van der Waals surface area contributed by atoms with E-state index in [-0.39, 0.29) is 12.6 Å². The van der Waals surface area contributed by atoms with Gasteiger partial charge in [-0.2, -0.15) is 0 Å². The molecule has 0 N–H and O–H groups in total. The fourth-order valence-corrected chi connectivity index (χ4v) is 4.16. The molecule has 1 aliphatic rings. The fourth-order valence-electron chi connectivity index (χ4n) is 4.16. The summed E-state index contributed by atoms with van der Waals surface area (Å²) in [6.45, 7) is 11.0. The summed E-state index contributed by atoms with van der Waals surface area (Å²) in [5, 5.41) is 0. The van der Waals surface area contributed by atoms with Crippen LogP contribution >= 0.6 is 0 Å². The molecule has 2 atom stereocenters. The first kappa shape index (κ1) is 21.7. The van der Waals surface area contributed by atoms with Crippen LogP contribution in [0.15, 0.2) is 23.3 Å². The van der Waals surface area contributed by atoms with Crippen molar-refractivity contribution in [2.45, 2.75) is 79.6 Å². The van der Waals surface area contributed by atoms with Gasteiger partial charge in [0.2, 0.25) is 0 Å². The summed E-state index contributed by atoms with van der Waals surface area (Å²) in [6.07, 6.45) is 12.9. The minimum atomic E-state index is -0.322. The monoisotopic (exact) mass is 348 g/mol. The van der Waals surface area contributed by atoms with Crippen molar-refractivity contribution in [2.75, 3.05) is 6.61 Å². The Morgan fingerprint density at radius 3 is 2.52 bits per heavy atom. The first-order valence-corrected chi connectivity index (χ1v) is 9.69. The number of aldehydes is 1. The van der Waals surface area contributed by atoms with E-state index in [1.165, 1.54) is 38.2 Å². The van der Waals surface area contributed by atoms with Gasteiger partial charge in [-0.25, -0.2) is 0 Å². The Balaban J connectivity index is 2.42. The Morgan fingerprint density at radius 2 is 1.92 bits per heavy atom. The zero-order valence-electron chi connectivity index (χ0n) is 16.8. The van der Waals surface area contributed by atoms with Gasteiger partial charge in [0.1, 0.15) is 12.9 Å². The quantitative estimate of drug-likeness (QED) is 0.234. The van der Waals surface area contributed by atoms with Crippen LogP contribution in [-0.4, -0.2) is 18.9 Å². The van der Waals surface area contributed by atoms with E-state index in [1.54, 1.807) is 6.08 Å². The van der Waals surface area contributed by atoms with E-state index in [2.05, 4.69) is 33.8 Å². The molecule has 25 heavy (non-hydrogen) atoms. The van der Waals surface area contributed by atoms with Crippen LogP contribution in [-0.2, 0) is 14.3 Å². The highest BCUT2D eigenvalue weighted by Gasteiger charge is 2.36. The number of esters is 1. The summed E-state index contributed by atoms with van der Waals surface area (Å²) in [4.78, 5) is 21.8. The molecule has 2 unspecified atom stereocenters. The molecule has 0 spiro atoms. The first-order chi connectivity index (χ1) is 11.8. The lowest BCUT2D eigenvalue weighted by Gasteiger charge is -2.43. The predicted octanol–water partition coefficient (Wildman–Crippen LogP) is 5.64. The van der Waals surface area contributed by atoms with Crippen LogP contribution in [0.2, 0.25) is 0 Å². The lowest BCUT2D eigenvalue weighted by atomic mass is 9.62. The number of hydrogen-bond donors (Lipinski definition) is 0. The number of allylic oxidation sites excluding steroid dienone is 3. The third-order valence-electron chi connectivity index (χ3n) is 5.73. The highest BCUT2D eigenvalue weighted by atomic mass is 16.5. The van der Waals surface area contributed by atoms with Crippen LogP contribution in [0.3, 0.4) is 0 Å². The van der Waals surface area contributed by atoms with Gasteiger partial charge in [-0.3, -0.25) is 9.59 Å². The van der Waals surface area contributed by atoms with E-state index in [0.717, 1.165) is 31.0 Å². The van der Waals surface area contributed by atoms with Gasteiger partial charge in [0.05, 0.1) is 0 Å². The lowest BCUT2D eigenvalue weighted by Crippen LogP contribution is -2.33. The average molecular weight is 349 g/mol. The van der Waals surface area contributed by atoms with Gasteiger partial charge >= 0.3 is 5.97 Å². The van der Waals surface area contributed by atoms with E-state index in [9.17, 15) is 9.59 Å². The normalized spacial score (nSPS) is 24.0. The van der Waals surface area contributed by atoms with Crippen molar-refractivity contribution in [2.24, 2.45) is 17.3 Å². The molecule has 0 radical (unpaired) electrons. The standard InChI is InChI=1S/C22H36O3/c1-17(8-6-10-20(16-23)13-15-25-19(3)24)11-12-21-18(2)9-7-14-22(21,4)5/h8,13,16,18,21H,6-7,9-12,14-15H2,1-5H3. The second-order valence-electron chi connectivity index (χ2n) is 8.29. The molecule has 0 heterocycles. The van der Waals surface area contributed by atoms with Crippen molar-refractivity contribution >= 4 is 12.3 Å². The largest absolute Gasteiger partial charge is 0.462 e. The van der Waals surface area contributed by atoms with Crippen molar-refractivity contribution in [3.63, 3.8) is 0 Å². The maximum Gasteiger partial charge on any atom is 0.302 e. The number of hydrogen-bond acceptors (Lipinski definition) is 3. The van der Waals surface area contributed by atoms with Gasteiger partial charge in [-0.1, -0.05) is 45.3 Å². The third kappa shape index (κ3) is 8.02. The van der Waals surface area contributed by atoms with Crippen molar-refractivity contribution < 1.29 is 14.3 Å². The Bertz CT molecular complexity index is 499. The summed E-state index contributed by atoms with van der Waals surface area (Å²) < 4.78 is 4.85. The minimum absolute atomic E-state index is 0.181. The zero-order chi connectivity index (χ0) is 18.9. The van der Waals surface area contributed by atoms with Crippen LogP contribution in [0.4, 0.5) is 0 Å². The van der Waals surface area contributed by atoms with Crippen molar-refractivity contribution in [3.8, 4) is 0 Å². The van der Waals surface area contributed by atoms with Gasteiger partial charge < -0.3 is 4.74 Å². The van der Waals surface area contributed by atoms with Crippen molar-refractivity contribution in [1.82, 2.24) is 0 Å². The van der Waals surface area contributed by atoms with Crippen LogP contribution < -0.4 is 0 Å². The smallest absolute Gasteiger partial charge is 0.302 e. The molecule has 1 saturated carbocycles. The number of carbonyl (C=O) groups is 2. The Labute approximate surface area is 153 Å². The SMILES string of the molecule is CC(=O)OCC=C(C=O)CCC=C(C)CCC1C(C)CCCC1(C)C. The fraction of sp³-hybridized carbons (Fsp3) is 0.727. The molecule has 1 rings (SSSR count). The van der Waals surface area contributed by atoms with Gasteiger partial charge in [0, 0.05) is 6.92 Å². The molecule has 0 aromatic heterocycles.